The first kappa shape index (κ1) is 28.1. The molecule has 0 aromatic rings. The normalized spacial score (nSPS) is 16.9. The van der Waals surface area contributed by atoms with Crippen molar-refractivity contribution in [3.05, 3.63) is 0 Å². The van der Waals surface area contributed by atoms with E-state index in [-0.39, 0.29) is 0 Å². The Bertz CT molecular complexity index is 352. The first-order chi connectivity index (χ1) is 14.6. The van der Waals surface area contributed by atoms with E-state index in [0.717, 1.165) is 77.4 Å². The molecular formula is C24H50O5Si. The van der Waals surface area contributed by atoms with Crippen LogP contribution < -0.4 is 0 Å². The van der Waals surface area contributed by atoms with Crippen molar-refractivity contribution in [2.24, 2.45) is 17.8 Å². The number of ether oxygens (including phenoxy) is 2. The summed E-state index contributed by atoms with van der Waals surface area (Å²) in [5, 5.41) is 0. The molecule has 0 aliphatic carbocycles. The van der Waals surface area contributed by atoms with Gasteiger partial charge in [-0.15, -0.1) is 0 Å². The average molecular weight is 447 g/mol. The second kappa shape index (κ2) is 16.6. The van der Waals surface area contributed by atoms with E-state index in [1.807, 2.05) is 0 Å². The van der Waals surface area contributed by atoms with Crippen molar-refractivity contribution in [1.29, 1.82) is 0 Å². The Labute approximate surface area is 187 Å². The molecule has 0 spiro atoms. The fraction of sp³-hybridized carbons (Fsp3) is 1.00. The van der Waals surface area contributed by atoms with E-state index in [1.165, 1.54) is 0 Å². The van der Waals surface area contributed by atoms with E-state index >= 15 is 0 Å². The van der Waals surface area contributed by atoms with Gasteiger partial charge in [-0.2, -0.15) is 0 Å². The molecule has 1 unspecified atom stereocenters. The van der Waals surface area contributed by atoms with Crippen molar-refractivity contribution in [3.63, 3.8) is 0 Å². The summed E-state index contributed by atoms with van der Waals surface area (Å²) >= 11 is 0. The lowest BCUT2D eigenvalue weighted by atomic mass is 10.1. The van der Waals surface area contributed by atoms with Gasteiger partial charge in [0, 0.05) is 32.5 Å². The summed E-state index contributed by atoms with van der Waals surface area (Å²) in [5.74, 6) is 1.69. The fourth-order valence-corrected chi connectivity index (χ4v) is 6.15. The lowest BCUT2D eigenvalue weighted by Crippen LogP contribution is -2.48. The largest absolute Gasteiger partial charge is 0.501 e. The third-order valence-electron chi connectivity index (χ3n) is 6.56. The van der Waals surface area contributed by atoms with Crippen LogP contribution in [0.5, 0.6) is 0 Å². The summed E-state index contributed by atoms with van der Waals surface area (Å²) in [5.41, 5.74) is 0. The summed E-state index contributed by atoms with van der Waals surface area (Å²) in [6.45, 7) is 17.9. The molecule has 5 nitrogen and oxygen atoms in total. The minimum absolute atomic E-state index is 0.315. The van der Waals surface area contributed by atoms with Gasteiger partial charge in [0.15, 0.2) is 0 Å². The van der Waals surface area contributed by atoms with Gasteiger partial charge in [0.05, 0.1) is 13.2 Å². The minimum Gasteiger partial charge on any atom is -0.379 e. The molecule has 1 rings (SSSR count). The summed E-state index contributed by atoms with van der Waals surface area (Å²) in [6.07, 6.45) is 8.00. The molecule has 0 bridgehead atoms. The Kier molecular flexibility index (Phi) is 15.5. The molecule has 1 heterocycles. The van der Waals surface area contributed by atoms with Crippen LogP contribution in [0.25, 0.3) is 0 Å². The molecule has 0 aromatic carbocycles. The highest BCUT2D eigenvalue weighted by atomic mass is 28.4. The van der Waals surface area contributed by atoms with E-state index in [9.17, 15) is 0 Å². The Morgan fingerprint density at radius 2 is 1.13 bits per heavy atom. The van der Waals surface area contributed by atoms with Gasteiger partial charge in [-0.1, -0.05) is 80.1 Å². The maximum atomic E-state index is 6.61. The van der Waals surface area contributed by atoms with Gasteiger partial charge in [0.25, 0.3) is 0 Å². The molecule has 0 radical (unpaired) electrons. The first-order valence-corrected chi connectivity index (χ1v) is 14.6. The first-order valence-electron chi connectivity index (χ1n) is 12.7. The molecule has 1 aliphatic rings. The fourth-order valence-electron chi connectivity index (χ4n) is 3.42. The number of hydrogen-bond donors (Lipinski definition) is 0. The highest BCUT2D eigenvalue weighted by Gasteiger charge is 2.42. The molecule has 30 heavy (non-hydrogen) atoms. The summed E-state index contributed by atoms with van der Waals surface area (Å²) in [4.78, 5) is 0. The molecule has 6 heteroatoms. The highest BCUT2D eigenvalue weighted by molar-refractivity contribution is 6.60. The molecule has 0 N–H and O–H groups in total. The summed E-state index contributed by atoms with van der Waals surface area (Å²) < 4.78 is 30.8. The SMILES string of the molecule is CCC(CC)CO[Si](CCCOCC1CO1)(OCC(CC)CC)OCC(CC)CC. The Morgan fingerprint density at radius 3 is 1.47 bits per heavy atom. The molecule has 0 saturated carbocycles. The van der Waals surface area contributed by atoms with E-state index in [4.69, 9.17) is 22.8 Å². The average Bonchev–Trinajstić information content (AvgIpc) is 3.60. The molecule has 180 valence electrons. The van der Waals surface area contributed by atoms with Crippen molar-refractivity contribution in [1.82, 2.24) is 0 Å². The molecule has 1 saturated heterocycles. The third-order valence-corrected chi connectivity index (χ3v) is 9.34. The summed E-state index contributed by atoms with van der Waals surface area (Å²) in [7, 11) is -2.75. The standard InChI is InChI=1S/C24H50O5Si/c1-7-21(8-2)16-27-30(28-17-22(9-3)10-4,29-18-23(11-5)12-6)15-13-14-25-19-24-20-26-24/h21-24H,7-20H2,1-6H3. The van der Waals surface area contributed by atoms with Crippen LogP contribution in [0, 0.1) is 17.8 Å². The van der Waals surface area contributed by atoms with Crippen LogP contribution in [0.1, 0.15) is 86.5 Å². The Hall–Kier alpha value is 0.0169. The Balaban J connectivity index is 2.78. The number of epoxide rings is 1. The van der Waals surface area contributed by atoms with Gasteiger partial charge in [-0.25, -0.2) is 0 Å². The molecule has 0 aromatic heterocycles. The monoisotopic (exact) mass is 446 g/mol. The van der Waals surface area contributed by atoms with Crippen LogP contribution in [0.4, 0.5) is 0 Å². The maximum Gasteiger partial charge on any atom is 0.501 e. The van der Waals surface area contributed by atoms with Gasteiger partial charge >= 0.3 is 8.80 Å². The van der Waals surface area contributed by atoms with Crippen molar-refractivity contribution in [3.8, 4) is 0 Å². The second-order valence-electron chi connectivity index (χ2n) is 8.80. The van der Waals surface area contributed by atoms with E-state index < -0.39 is 8.80 Å². The van der Waals surface area contributed by atoms with Crippen molar-refractivity contribution in [2.45, 2.75) is 98.6 Å². The summed E-state index contributed by atoms with van der Waals surface area (Å²) in [6, 6.07) is 0.832. The molecular weight excluding hydrogens is 396 g/mol. The van der Waals surface area contributed by atoms with Gasteiger partial charge in [-0.05, 0) is 24.2 Å². The van der Waals surface area contributed by atoms with Crippen LogP contribution in [0.2, 0.25) is 6.04 Å². The number of hydrogen-bond acceptors (Lipinski definition) is 5. The van der Waals surface area contributed by atoms with Gasteiger partial charge in [0.2, 0.25) is 0 Å². The van der Waals surface area contributed by atoms with Gasteiger partial charge in [0.1, 0.15) is 6.10 Å². The second-order valence-corrected chi connectivity index (χ2v) is 11.5. The van der Waals surface area contributed by atoms with Crippen molar-refractivity contribution in [2.75, 3.05) is 39.6 Å². The minimum atomic E-state index is -2.75. The van der Waals surface area contributed by atoms with Crippen LogP contribution >= 0.6 is 0 Å². The predicted octanol–water partition coefficient (Wildman–Crippen LogP) is 6.09. The van der Waals surface area contributed by atoms with Crippen LogP contribution in [0.3, 0.4) is 0 Å². The molecule has 1 fully saturated rings. The molecule has 0 amide bonds. The quantitative estimate of drug-likeness (QED) is 0.121. The Morgan fingerprint density at radius 1 is 0.733 bits per heavy atom. The molecule has 1 atom stereocenters. The van der Waals surface area contributed by atoms with Crippen molar-refractivity contribution < 1.29 is 22.8 Å². The zero-order valence-corrected chi connectivity index (χ0v) is 21.8. The lowest BCUT2D eigenvalue weighted by molar-refractivity contribution is 0.0234. The third kappa shape index (κ3) is 11.6. The maximum absolute atomic E-state index is 6.61. The van der Waals surface area contributed by atoms with E-state index in [0.29, 0.717) is 37.1 Å². The van der Waals surface area contributed by atoms with Crippen LogP contribution in [-0.4, -0.2) is 54.5 Å². The van der Waals surface area contributed by atoms with Crippen LogP contribution in [0.15, 0.2) is 0 Å². The highest BCUT2D eigenvalue weighted by Crippen LogP contribution is 2.25. The smallest absolute Gasteiger partial charge is 0.379 e. The zero-order chi connectivity index (χ0) is 22.2. The van der Waals surface area contributed by atoms with Crippen molar-refractivity contribution >= 4 is 8.80 Å². The van der Waals surface area contributed by atoms with Crippen LogP contribution in [-0.2, 0) is 22.8 Å². The predicted molar refractivity (Wildman–Crippen MR) is 126 cm³/mol. The number of rotatable bonds is 21. The topological polar surface area (TPSA) is 49.5 Å². The van der Waals surface area contributed by atoms with E-state index in [2.05, 4.69) is 41.5 Å². The zero-order valence-electron chi connectivity index (χ0n) is 20.8. The van der Waals surface area contributed by atoms with E-state index in [1.54, 1.807) is 0 Å². The lowest BCUT2D eigenvalue weighted by Gasteiger charge is -2.33. The van der Waals surface area contributed by atoms with Gasteiger partial charge in [-0.3, -0.25) is 0 Å². The molecule has 1 aliphatic heterocycles. The van der Waals surface area contributed by atoms with Gasteiger partial charge < -0.3 is 22.8 Å².